The molecular weight excluding hydrogens is 226 g/mol. The van der Waals surface area contributed by atoms with Gasteiger partial charge in [0.25, 0.3) is 0 Å². The zero-order chi connectivity index (χ0) is 14.3. The van der Waals surface area contributed by atoms with Gasteiger partial charge < -0.3 is 10.1 Å². The predicted octanol–water partition coefficient (Wildman–Crippen LogP) is 3.24. The smallest absolute Gasteiger partial charge is 0.226 e. The molecule has 0 aromatic carbocycles. The van der Waals surface area contributed by atoms with Crippen molar-refractivity contribution in [3.63, 3.8) is 0 Å². The van der Waals surface area contributed by atoms with E-state index in [1.54, 1.807) is 0 Å². The van der Waals surface area contributed by atoms with E-state index in [-0.39, 0.29) is 17.4 Å². The summed E-state index contributed by atoms with van der Waals surface area (Å²) in [5, 5.41) is 3.04. The van der Waals surface area contributed by atoms with Gasteiger partial charge in [-0.3, -0.25) is 4.79 Å². The van der Waals surface area contributed by atoms with E-state index in [2.05, 4.69) is 39.9 Å². The first-order valence-electron chi connectivity index (χ1n) is 7.12. The molecule has 0 saturated heterocycles. The van der Waals surface area contributed by atoms with Crippen LogP contribution in [0.5, 0.6) is 0 Å². The highest BCUT2D eigenvalue weighted by atomic mass is 16.5. The van der Waals surface area contributed by atoms with E-state index in [0.29, 0.717) is 25.0 Å². The van der Waals surface area contributed by atoms with Crippen molar-refractivity contribution >= 4 is 5.91 Å². The Hall–Kier alpha value is -0.570. The molecule has 0 heterocycles. The molecule has 0 bridgehead atoms. The maximum absolute atomic E-state index is 12.3. The van der Waals surface area contributed by atoms with Crippen molar-refractivity contribution in [1.29, 1.82) is 0 Å². The molecule has 0 aliphatic heterocycles. The standard InChI is InChI=1S/C15H31NO2/c1-11(2)15(7,12(3)4)14(17)16-9-8-10-18-13(5)6/h11-13H,8-10H2,1-7H3,(H,16,17). The van der Waals surface area contributed by atoms with E-state index < -0.39 is 0 Å². The van der Waals surface area contributed by atoms with Crippen molar-refractivity contribution in [2.24, 2.45) is 17.3 Å². The first-order valence-corrected chi connectivity index (χ1v) is 7.12. The molecule has 0 radical (unpaired) electrons. The summed E-state index contributed by atoms with van der Waals surface area (Å²) < 4.78 is 5.45. The van der Waals surface area contributed by atoms with Gasteiger partial charge in [0.2, 0.25) is 5.91 Å². The first-order chi connectivity index (χ1) is 8.22. The van der Waals surface area contributed by atoms with Crippen LogP contribution in [0.4, 0.5) is 0 Å². The minimum Gasteiger partial charge on any atom is -0.379 e. The number of ether oxygens (including phenoxy) is 1. The summed E-state index contributed by atoms with van der Waals surface area (Å²) in [6, 6.07) is 0. The van der Waals surface area contributed by atoms with Crippen LogP contribution < -0.4 is 5.32 Å². The van der Waals surface area contributed by atoms with Gasteiger partial charge in [-0.05, 0) is 32.1 Å². The summed E-state index contributed by atoms with van der Waals surface area (Å²) in [6.07, 6.45) is 1.13. The normalized spacial score (nSPS) is 12.6. The van der Waals surface area contributed by atoms with Gasteiger partial charge in [0.15, 0.2) is 0 Å². The van der Waals surface area contributed by atoms with Gasteiger partial charge in [-0.2, -0.15) is 0 Å². The van der Waals surface area contributed by atoms with Crippen LogP contribution in [0.25, 0.3) is 0 Å². The zero-order valence-electron chi connectivity index (χ0n) is 13.2. The fourth-order valence-corrected chi connectivity index (χ4v) is 1.97. The highest BCUT2D eigenvalue weighted by Gasteiger charge is 2.39. The molecule has 0 aliphatic rings. The Kier molecular flexibility index (Phi) is 7.53. The molecule has 0 fully saturated rings. The van der Waals surface area contributed by atoms with Crippen LogP contribution >= 0.6 is 0 Å². The maximum atomic E-state index is 12.3. The van der Waals surface area contributed by atoms with Gasteiger partial charge in [0.1, 0.15) is 0 Å². The van der Waals surface area contributed by atoms with Gasteiger partial charge in [-0.15, -0.1) is 0 Å². The van der Waals surface area contributed by atoms with Crippen molar-refractivity contribution in [2.45, 2.75) is 61.0 Å². The lowest BCUT2D eigenvalue weighted by atomic mass is 9.70. The molecule has 0 aromatic rings. The van der Waals surface area contributed by atoms with Crippen LogP contribution in [0, 0.1) is 17.3 Å². The lowest BCUT2D eigenvalue weighted by molar-refractivity contribution is -0.135. The Morgan fingerprint density at radius 2 is 1.61 bits per heavy atom. The van der Waals surface area contributed by atoms with E-state index in [0.717, 1.165) is 6.42 Å². The van der Waals surface area contributed by atoms with E-state index in [9.17, 15) is 4.79 Å². The van der Waals surface area contributed by atoms with Crippen LogP contribution in [0.1, 0.15) is 54.9 Å². The molecule has 0 spiro atoms. The van der Waals surface area contributed by atoms with E-state index in [1.165, 1.54) is 0 Å². The molecule has 0 rings (SSSR count). The largest absolute Gasteiger partial charge is 0.379 e. The molecule has 1 N–H and O–H groups in total. The van der Waals surface area contributed by atoms with Gasteiger partial charge in [-0.25, -0.2) is 0 Å². The van der Waals surface area contributed by atoms with Gasteiger partial charge >= 0.3 is 0 Å². The summed E-state index contributed by atoms with van der Waals surface area (Å²) in [6.45, 7) is 16.0. The Bertz CT molecular complexity index is 239. The van der Waals surface area contributed by atoms with E-state index in [4.69, 9.17) is 4.74 Å². The number of hydrogen-bond acceptors (Lipinski definition) is 2. The maximum Gasteiger partial charge on any atom is 0.226 e. The molecule has 0 saturated carbocycles. The van der Waals surface area contributed by atoms with Crippen molar-refractivity contribution in [1.82, 2.24) is 5.32 Å². The van der Waals surface area contributed by atoms with Gasteiger partial charge in [0, 0.05) is 13.2 Å². The Labute approximate surface area is 113 Å². The van der Waals surface area contributed by atoms with Crippen molar-refractivity contribution in [2.75, 3.05) is 13.2 Å². The first kappa shape index (κ1) is 17.4. The predicted molar refractivity (Wildman–Crippen MR) is 76.5 cm³/mol. The number of hydrogen-bond donors (Lipinski definition) is 1. The van der Waals surface area contributed by atoms with E-state index >= 15 is 0 Å². The molecule has 18 heavy (non-hydrogen) atoms. The van der Waals surface area contributed by atoms with Crippen LogP contribution in [0.15, 0.2) is 0 Å². The van der Waals surface area contributed by atoms with Gasteiger partial charge in [0.05, 0.1) is 11.5 Å². The lowest BCUT2D eigenvalue weighted by Crippen LogP contribution is -2.46. The van der Waals surface area contributed by atoms with Crippen LogP contribution in [-0.2, 0) is 9.53 Å². The fourth-order valence-electron chi connectivity index (χ4n) is 1.97. The van der Waals surface area contributed by atoms with Crippen molar-refractivity contribution in [3.8, 4) is 0 Å². The van der Waals surface area contributed by atoms with E-state index in [1.807, 2.05) is 13.8 Å². The molecule has 0 aliphatic carbocycles. The average molecular weight is 257 g/mol. The Morgan fingerprint density at radius 1 is 1.11 bits per heavy atom. The van der Waals surface area contributed by atoms with Crippen molar-refractivity contribution in [3.05, 3.63) is 0 Å². The third kappa shape index (κ3) is 4.97. The lowest BCUT2D eigenvalue weighted by Gasteiger charge is -2.36. The highest BCUT2D eigenvalue weighted by Crippen LogP contribution is 2.35. The highest BCUT2D eigenvalue weighted by molar-refractivity contribution is 5.82. The molecular formula is C15H31NO2. The quantitative estimate of drug-likeness (QED) is 0.678. The minimum absolute atomic E-state index is 0.164. The summed E-state index contributed by atoms with van der Waals surface area (Å²) in [4.78, 5) is 12.3. The van der Waals surface area contributed by atoms with Gasteiger partial charge in [-0.1, -0.05) is 34.6 Å². The number of rotatable bonds is 8. The van der Waals surface area contributed by atoms with Crippen LogP contribution in [-0.4, -0.2) is 25.2 Å². The number of carbonyl (C=O) groups excluding carboxylic acids is 1. The average Bonchev–Trinajstić information content (AvgIpc) is 2.25. The molecule has 0 atom stereocenters. The minimum atomic E-state index is -0.293. The molecule has 3 heteroatoms. The topological polar surface area (TPSA) is 38.3 Å². The second-order valence-electron chi connectivity index (χ2n) is 6.12. The second kappa shape index (κ2) is 7.78. The summed E-state index contributed by atoms with van der Waals surface area (Å²) in [5.41, 5.74) is -0.293. The van der Waals surface area contributed by atoms with Crippen LogP contribution in [0.2, 0.25) is 0 Å². The summed E-state index contributed by atoms with van der Waals surface area (Å²) in [5.74, 6) is 0.839. The number of carbonyl (C=O) groups is 1. The number of amides is 1. The summed E-state index contributed by atoms with van der Waals surface area (Å²) in [7, 11) is 0. The molecule has 0 aromatic heterocycles. The Morgan fingerprint density at radius 3 is 2.00 bits per heavy atom. The second-order valence-corrected chi connectivity index (χ2v) is 6.12. The molecule has 3 nitrogen and oxygen atoms in total. The fraction of sp³-hybridized carbons (Fsp3) is 0.933. The molecule has 108 valence electrons. The van der Waals surface area contributed by atoms with Crippen LogP contribution in [0.3, 0.4) is 0 Å². The third-order valence-corrected chi connectivity index (χ3v) is 3.95. The zero-order valence-corrected chi connectivity index (χ0v) is 13.2. The third-order valence-electron chi connectivity index (χ3n) is 3.95. The molecule has 1 amide bonds. The summed E-state index contributed by atoms with van der Waals surface area (Å²) >= 11 is 0. The monoisotopic (exact) mass is 257 g/mol. The molecule has 0 unspecified atom stereocenters. The Balaban J connectivity index is 4.14. The SMILES string of the molecule is CC(C)OCCCNC(=O)C(C)(C(C)C)C(C)C. The van der Waals surface area contributed by atoms with Crippen molar-refractivity contribution < 1.29 is 9.53 Å². The number of nitrogens with one attached hydrogen (secondary N) is 1.